The number of aromatic carboxylic acids is 1. The minimum absolute atomic E-state index is 0.120. The van der Waals surface area contributed by atoms with Gasteiger partial charge in [0.05, 0.1) is 0 Å². The molecule has 128 valence electrons. The standard InChI is InChI=1S/C17H15N3O4S/c21-15-8-11(13-3-4-14(25-13)16(22)23)10-2-1-9(7-12(10)19-15)20-6-5-18-17(20)24/h1-4,7,11H,5-6,8H2,(H,18,24)(H,19,21)(H,22,23)/t11-/m0/s1. The summed E-state index contributed by atoms with van der Waals surface area (Å²) in [5.41, 5.74) is 2.33. The second-order valence-electron chi connectivity index (χ2n) is 5.97. The van der Waals surface area contributed by atoms with Crippen LogP contribution in [0.25, 0.3) is 0 Å². The maximum atomic E-state index is 12.1. The Kier molecular flexibility index (Phi) is 3.69. The third-order valence-corrected chi connectivity index (χ3v) is 5.61. The lowest BCUT2D eigenvalue weighted by Crippen LogP contribution is -2.28. The monoisotopic (exact) mass is 357 g/mol. The normalized spacial score (nSPS) is 19.4. The first kappa shape index (κ1) is 15.6. The van der Waals surface area contributed by atoms with Crippen LogP contribution >= 0.6 is 11.3 Å². The van der Waals surface area contributed by atoms with Gasteiger partial charge in [0.1, 0.15) is 4.88 Å². The number of amides is 3. The molecule has 1 atom stereocenters. The highest BCUT2D eigenvalue weighted by Crippen LogP contribution is 2.41. The number of nitrogens with zero attached hydrogens (tertiary/aromatic N) is 1. The number of nitrogens with one attached hydrogen (secondary N) is 2. The summed E-state index contributed by atoms with van der Waals surface area (Å²) in [5.74, 6) is -1.26. The predicted octanol–water partition coefficient (Wildman–Crippen LogP) is 2.45. The SMILES string of the molecule is O=C1C[C@H](c2ccc(C(=O)O)s2)c2ccc(N3CCNC3=O)cc2N1. The van der Waals surface area contributed by atoms with Crippen molar-refractivity contribution in [2.75, 3.05) is 23.3 Å². The van der Waals surface area contributed by atoms with E-state index in [0.717, 1.165) is 16.1 Å². The number of urea groups is 1. The van der Waals surface area contributed by atoms with E-state index in [-0.39, 0.29) is 29.2 Å². The number of hydrogen-bond acceptors (Lipinski definition) is 4. The Morgan fingerprint density at radius 1 is 1.24 bits per heavy atom. The number of thiophene rings is 1. The molecule has 0 bridgehead atoms. The van der Waals surface area contributed by atoms with Crippen LogP contribution < -0.4 is 15.5 Å². The zero-order valence-corrected chi connectivity index (χ0v) is 13.9. The number of carbonyl (C=O) groups excluding carboxylic acids is 2. The van der Waals surface area contributed by atoms with Crippen molar-refractivity contribution in [1.29, 1.82) is 0 Å². The van der Waals surface area contributed by atoms with Crippen molar-refractivity contribution in [2.24, 2.45) is 0 Å². The average molecular weight is 357 g/mol. The average Bonchev–Trinajstić information content (AvgIpc) is 3.22. The van der Waals surface area contributed by atoms with Crippen LogP contribution in [0.1, 0.15) is 32.5 Å². The fraction of sp³-hybridized carbons (Fsp3) is 0.235. The van der Waals surface area contributed by atoms with E-state index in [1.807, 2.05) is 12.1 Å². The van der Waals surface area contributed by atoms with Crippen LogP contribution in [-0.2, 0) is 4.79 Å². The zero-order valence-electron chi connectivity index (χ0n) is 13.1. The summed E-state index contributed by atoms with van der Waals surface area (Å²) in [7, 11) is 0. The van der Waals surface area contributed by atoms with Crippen molar-refractivity contribution in [3.05, 3.63) is 45.6 Å². The molecule has 2 aromatic rings. The third-order valence-electron chi connectivity index (χ3n) is 4.43. The van der Waals surface area contributed by atoms with Crippen LogP contribution in [0.2, 0.25) is 0 Å². The van der Waals surface area contributed by atoms with Gasteiger partial charge in [-0.25, -0.2) is 9.59 Å². The zero-order chi connectivity index (χ0) is 17.6. The summed E-state index contributed by atoms with van der Waals surface area (Å²) in [6.07, 6.45) is 0.274. The Morgan fingerprint density at radius 2 is 2.08 bits per heavy atom. The Hall–Kier alpha value is -2.87. The lowest BCUT2D eigenvalue weighted by atomic mass is 9.89. The lowest BCUT2D eigenvalue weighted by Gasteiger charge is -2.26. The van der Waals surface area contributed by atoms with Crippen molar-refractivity contribution in [2.45, 2.75) is 12.3 Å². The molecule has 7 nitrogen and oxygen atoms in total. The largest absolute Gasteiger partial charge is 0.477 e. The van der Waals surface area contributed by atoms with Gasteiger partial charge < -0.3 is 15.7 Å². The molecule has 25 heavy (non-hydrogen) atoms. The number of carboxylic acids is 1. The molecule has 0 radical (unpaired) electrons. The number of rotatable bonds is 3. The smallest absolute Gasteiger partial charge is 0.345 e. The molecule has 4 rings (SSSR count). The van der Waals surface area contributed by atoms with Crippen molar-refractivity contribution < 1.29 is 19.5 Å². The van der Waals surface area contributed by atoms with Crippen LogP contribution in [0.15, 0.2) is 30.3 Å². The van der Waals surface area contributed by atoms with Crippen LogP contribution in [-0.4, -0.2) is 36.1 Å². The predicted molar refractivity (Wildman–Crippen MR) is 93.6 cm³/mol. The number of hydrogen-bond donors (Lipinski definition) is 3. The van der Waals surface area contributed by atoms with Crippen molar-refractivity contribution in [1.82, 2.24) is 5.32 Å². The molecule has 1 aromatic heterocycles. The van der Waals surface area contributed by atoms with Crippen molar-refractivity contribution in [3.8, 4) is 0 Å². The van der Waals surface area contributed by atoms with Gasteiger partial charge in [-0.05, 0) is 29.8 Å². The first-order valence-electron chi connectivity index (χ1n) is 7.85. The van der Waals surface area contributed by atoms with Gasteiger partial charge in [-0.2, -0.15) is 0 Å². The number of carboxylic acid groups (broad SMARTS) is 1. The Bertz CT molecular complexity index is 892. The molecule has 0 unspecified atom stereocenters. The molecule has 3 amide bonds. The van der Waals surface area contributed by atoms with Gasteiger partial charge in [-0.15, -0.1) is 11.3 Å². The fourth-order valence-electron chi connectivity index (χ4n) is 3.25. The van der Waals surface area contributed by atoms with E-state index in [9.17, 15) is 14.4 Å². The number of benzene rings is 1. The van der Waals surface area contributed by atoms with Gasteiger partial charge >= 0.3 is 12.0 Å². The Balaban J connectivity index is 1.72. The second-order valence-corrected chi connectivity index (χ2v) is 7.08. The molecule has 2 aliphatic rings. The minimum Gasteiger partial charge on any atom is -0.477 e. The highest BCUT2D eigenvalue weighted by Gasteiger charge is 2.30. The van der Waals surface area contributed by atoms with Gasteiger partial charge in [-0.3, -0.25) is 9.69 Å². The molecule has 3 N–H and O–H groups in total. The van der Waals surface area contributed by atoms with Crippen LogP contribution in [0, 0.1) is 0 Å². The van der Waals surface area contributed by atoms with Crippen LogP contribution in [0.3, 0.4) is 0 Å². The van der Waals surface area contributed by atoms with Crippen LogP contribution in [0.5, 0.6) is 0 Å². The first-order chi connectivity index (χ1) is 12.0. The highest BCUT2D eigenvalue weighted by atomic mass is 32.1. The Morgan fingerprint density at radius 3 is 2.76 bits per heavy atom. The molecular formula is C17H15N3O4S. The van der Waals surface area contributed by atoms with E-state index in [0.29, 0.717) is 18.8 Å². The summed E-state index contributed by atoms with van der Waals surface area (Å²) < 4.78 is 0. The van der Waals surface area contributed by atoms with Gasteiger partial charge in [0.25, 0.3) is 0 Å². The fourth-order valence-corrected chi connectivity index (χ4v) is 4.21. The summed E-state index contributed by atoms with van der Waals surface area (Å²) >= 11 is 1.19. The molecule has 1 aromatic carbocycles. The molecule has 1 fully saturated rings. The first-order valence-corrected chi connectivity index (χ1v) is 8.67. The van der Waals surface area contributed by atoms with Gasteiger partial charge in [0.2, 0.25) is 5.91 Å². The molecule has 3 heterocycles. The molecule has 0 spiro atoms. The Labute approximate surface area is 147 Å². The second kappa shape index (κ2) is 5.89. The molecule has 0 aliphatic carbocycles. The van der Waals surface area contributed by atoms with E-state index in [2.05, 4.69) is 10.6 Å². The quantitative estimate of drug-likeness (QED) is 0.786. The van der Waals surface area contributed by atoms with Gasteiger partial charge in [0, 0.05) is 41.7 Å². The van der Waals surface area contributed by atoms with Crippen molar-refractivity contribution >= 4 is 40.6 Å². The highest BCUT2D eigenvalue weighted by molar-refractivity contribution is 7.14. The number of carbonyl (C=O) groups is 3. The van der Waals surface area contributed by atoms with E-state index < -0.39 is 5.97 Å². The maximum Gasteiger partial charge on any atom is 0.345 e. The minimum atomic E-state index is -0.966. The van der Waals surface area contributed by atoms with E-state index in [1.165, 1.54) is 11.3 Å². The molecule has 8 heteroatoms. The van der Waals surface area contributed by atoms with Gasteiger partial charge in [0.15, 0.2) is 0 Å². The summed E-state index contributed by atoms with van der Waals surface area (Å²) in [4.78, 5) is 37.8. The number of anilines is 2. The lowest BCUT2D eigenvalue weighted by molar-refractivity contribution is -0.116. The van der Waals surface area contributed by atoms with Crippen molar-refractivity contribution in [3.63, 3.8) is 0 Å². The number of fused-ring (bicyclic) bond motifs is 1. The summed E-state index contributed by atoms with van der Waals surface area (Å²) in [6.45, 7) is 1.18. The molecule has 0 saturated carbocycles. The van der Waals surface area contributed by atoms with Crippen LogP contribution in [0.4, 0.5) is 16.2 Å². The summed E-state index contributed by atoms with van der Waals surface area (Å²) in [5, 5.41) is 14.7. The molecule has 1 saturated heterocycles. The molecule has 2 aliphatic heterocycles. The maximum absolute atomic E-state index is 12.1. The van der Waals surface area contributed by atoms with E-state index in [4.69, 9.17) is 5.11 Å². The van der Waals surface area contributed by atoms with Gasteiger partial charge in [-0.1, -0.05) is 6.07 Å². The third kappa shape index (κ3) is 2.74. The summed E-state index contributed by atoms with van der Waals surface area (Å²) in [6, 6.07) is 8.75. The topological polar surface area (TPSA) is 98.7 Å². The van der Waals surface area contributed by atoms with E-state index >= 15 is 0 Å². The van der Waals surface area contributed by atoms with E-state index in [1.54, 1.807) is 23.1 Å². The molecular weight excluding hydrogens is 342 g/mol.